The molecule has 2 rings (SSSR count). The van der Waals surface area contributed by atoms with E-state index in [1.807, 2.05) is 18.2 Å². The molecule has 1 aromatic carbocycles. The lowest BCUT2D eigenvalue weighted by Crippen LogP contribution is -2.08. The van der Waals surface area contributed by atoms with Gasteiger partial charge in [-0.2, -0.15) is 0 Å². The maximum absolute atomic E-state index is 5.52. The molecule has 4 nitrogen and oxygen atoms in total. The van der Waals surface area contributed by atoms with E-state index in [0.29, 0.717) is 13.2 Å². The SMILES string of the molecule is COCCOCOc1cccc(C2CO2)c1Br. The molecule has 94 valence electrons. The first kappa shape index (κ1) is 12.8. The van der Waals surface area contributed by atoms with Crippen molar-refractivity contribution in [1.29, 1.82) is 0 Å². The maximum atomic E-state index is 5.52. The second-order valence-corrected chi connectivity index (χ2v) is 4.44. The summed E-state index contributed by atoms with van der Waals surface area (Å²) in [5.74, 6) is 0.774. The van der Waals surface area contributed by atoms with Crippen molar-refractivity contribution in [3.8, 4) is 5.75 Å². The molecule has 1 heterocycles. The molecule has 1 saturated heterocycles. The van der Waals surface area contributed by atoms with Crippen molar-refractivity contribution >= 4 is 15.9 Å². The molecule has 1 unspecified atom stereocenters. The summed E-state index contributed by atoms with van der Waals surface area (Å²) in [6.45, 7) is 2.10. The third-order valence-electron chi connectivity index (χ3n) is 2.40. The number of epoxide rings is 1. The van der Waals surface area contributed by atoms with E-state index in [9.17, 15) is 0 Å². The van der Waals surface area contributed by atoms with Crippen LogP contribution >= 0.6 is 15.9 Å². The molecule has 0 aromatic heterocycles. The van der Waals surface area contributed by atoms with Gasteiger partial charge in [-0.3, -0.25) is 0 Å². The van der Waals surface area contributed by atoms with Crippen molar-refractivity contribution in [2.75, 3.05) is 33.7 Å². The van der Waals surface area contributed by atoms with Crippen LogP contribution < -0.4 is 4.74 Å². The molecule has 1 aliphatic heterocycles. The van der Waals surface area contributed by atoms with E-state index in [-0.39, 0.29) is 12.9 Å². The van der Waals surface area contributed by atoms with Crippen LogP contribution in [-0.4, -0.2) is 33.7 Å². The van der Waals surface area contributed by atoms with Gasteiger partial charge in [-0.1, -0.05) is 12.1 Å². The fourth-order valence-corrected chi connectivity index (χ4v) is 2.06. The number of methoxy groups -OCH3 is 1. The lowest BCUT2D eigenvalue weighted by atomic mass is 10.1. The van der Waals surface area contributed by atoms with Crippen LogP contribution in [0.25, 0.3) is 0 Å². The molecule has 5 heteroatoms. The molecule has 0 aliphatic carbocycles. The quantitative estimate of drug-likeness (QED) is 0.441. The third-order valence-corrected chi connectivity index (χ3v) is 3.25. The Labute approximate surface area is 109 Å². The standard InChI is InChI=1S/C12H15BrO4/c1-14-5-6-15-8-17-10-4-2-3-9(12(10)13)11-7-16-11/h2-4,11H,5-8H2,1H3. The number of hydrogen-bond acceptors (Lipinski definition) is 4. The second kappa shape index (κ2) is 6.35. The zero-order chi connectivity index (χ0) is 12.1. The molecule has 0 bridgehead atoms. The molecule has 0 amide bonds. The first-order chi connectivity index (χ1) is 8.33. The minimum atomic E-state index is 0.210. The van der Waals surface area contributed by atoms with Crippen molar-refractivity contribution in [2.24, 2.45) is 0 Å². The van der Waals surface area contributed by atoms with Gasteiger partial charge >= 0.3 is 0 Å². The number of rotatable bonds is 7. The highest BCUT2D eigenvalue weighted by molar-refractivity contribution is 9.10. The molecule has 1 fully saturated rings. The highest BCUT2D eigenvalue weighted by Crippen LogP contribution is 2.39. The van der Waals surface area contributed by atoms with Crippen LogP contribution in [0, 0.1) is 0 Å². The van der Waals surface area contributed by atoms with Gasteiger partial charge in [-0.15, -0.1) is 0 Å². The van der Waals surface area contributed by atoms with Gasteiger partial charge in [0.2, 0.25) is 0 Å². The molecular formula is C12H15BrO4. The normalized spacial score (nSPS) is 18.1. The highest BCUT2D eigenvalue weighted by Gasteiger charge is 2.27. The minimum absolute atomic E-state index is 0.210. The smallest absolute Gasteiger partial charge is 0.189 e. The molecule has 1 atom stereocenters. The van der Waals surface area contributed by atoms with E-state index >= 15 is 0 Å². The highest BCUT2D eigenvalue weighted by atomic mass is 79.9. The lowest BCUT2D eigenvalue weighted by Gasteiger charge is -2.10. The van der Waals surface area contributed by atoms with Crippen LogP contribution in [-0.2, 0) is 14.2 Å². The van der Waals surface area contributed by atoms with Gasteiger partial charge in [0.25, 0.3) is 0 Å². The van der Waals surface area contributed by atoms with Gasteiger partial charge < -0.3 is 18.9 Å². The fraction of sp³-hybridized carbons (Fsp3) is 0.500. The summed E-state index contributed by atoms with van der Waals surface area (Å²) in [6, 6.07) is 5.88. The molecule has 1 aliphatic rings. The Bertz CT molecular complexity index is 366. The maximum Gasteiger partial charge on any atom is 0.189 e. The van der Waals surface area contributed by atoms with Crippen LogP contribution in [0.3, 0.4) is 0 Å². The molecule has 0 saturated carbocycles. The predicted molar refractivity (Wildman–Crippen MR) is 66.2 cm³/mol. The van der Waals surface area contributed by atoms with Gasteiger partial charge in [-0.25, -0.2) is 0 Å². The Kier molecular flexibility index (Phi) is 4.79. The number of halogens is 1. The summed E-state index contributed by atoms with van der Waals surface area (Å²) < 4.78 is 21.8. The summed E-state index contributed by atoms with van der Waals surface area (Å²) in [5, 5.41) is 0. The molecule has 0 N–H and O–H groups in total. The Hall–Kier alpha value is -0.620. The monoisotopic (exact) mass is 302 g/mol. The summed E-state index contributed by atoms with van der Waals surface area (Å²) in [6.07, 6.45) is 0.210. The summed E-state index contributed by atoms with van der Waals surface area (Å²) in [7, 11) is 1.64. The van der Waals surface area contributed by atoms with E-state index in [4.69, 9.17) is 18.9 Å². The van der Waals surface area contributed by atoms with Crippen LogP contribution in [0.5, 0.6) is 5.75 Å². The van der Waals surface area contributed by atoms with E-state index in [0.717, 1.165) is 22.4 Å². The average molecular weight is 303 g/mol. The second-order valence-electron chi connectivity index (χ2n) is 3.64. The lowest BCUT2D eigenvalue weighted by molar-refractivity contribution is -0.00884. The van der Waals surface area contributed by atoms with E-state index in [2.05, 4.69) is 15.9 Å². The summed E-state index contributed by atoms with van der Waals surface area (Å²) in [4.78, 5) is 0. The van der Waals surface area contributed by atoms with Crippen molar-refractivity contribution in [3.63, 3.8) is 0 Å². The van der Waals surface area contributed by atoms with Crippen molar-refractivity contribution in [1.82, 2.24) is 0 Å². The Morgan fingerprint density at radius 2 is 2.24 bits per heavy atom. The molecular weight excluding hydrogens is 288 g/mol. The van der Waals surface area contributed by atoms with Crippen molar-refractivity contribution < 1.29 is 18.9 Å². The Morgan fingerprint density at radius 1 is 1.41 bits per heavy atom. The van der Waals surface area contributed by atoms with Gasteiger partial charge in [0.15, 0.2) is 6.79 Å². The van der Waals surface area contributed by atoms with Gasteiger partial charge in [0.05, 0.1) is 24.3 Å². The molecule has 1 aromatic rings. The Morgan fingerprint density at radius 3 is 2.94 bits per heavy atom. The minimum Gasteiger partial charge on any atom is -0.466 e. The molecule has 0 radical (unpaired) electrons. The van der Waals surface area contributed by atoms with E-state index in [1.165, 1.54) is 0 Å². The summed E-state index contributed by atoms with van der Waals surface area (Å²) in [5.41, 5.74) is 1.12. The predicted octanol–water partition coefficient (Wildman–Crippen LogP) is 2.52. The first-order valence-corrected chi connectivity index (χ1v) is 6.21. The average Bonchev–Trinajstić information content (AvgIpc) is 3.15. The molecule has 17 heavy (non-hydrogen) atoms. The van der Waals surface area contributed by atoms with E-state index < -0.39 is 0 Å². The number of benzene rings is 1. The largest absolute Gasteiger partial charge is 0.466 e. The van der Waals surface area contributed by atoms with Crippen LogP contribution in [0.4, 0.5) is 0 Å². The zero-order valence-electron chi connectivity index (χ0n) is 9.65. The topological polar surface area (TPSA) is 40.2 Å². The molecule has 0 spiro atoms. The van der Waals surface area contributed by atoms with Crippen LogP contribution in [0.2, 0.25) is 0 Å². The van der Waals surface area contributed by atoms with Crippen molar-refractivity contribution in [2.45, 2.75) is 6.10 Å². The van der Waals surface area contributed by atoms with Gasteiger partial charge in [0.1, 0.15) is 11.9 Å². The van der Waals surface area contributed by atoms with Crippen LogP contribution in [0.15, 0.2) is 22.7 Å². The summed E-state index contributed by atoms with van der Waals surface area (Å²) >= 11 is 3.52. The first-order valence-electron chi connectivity index (χ1n) is 5.42. The van der Waals surface area contributed by atoms with Gasteiger partial charge in [0, 0.05) is 12.7 Å². The zero-order valence-corrected chi connectivity index (χ0v) is 11.2. The van der Waals surface area contributed by atoms with Gasteiger partial charge in [-0.05, 0) is 22.0 Å². The van der Waals surface area contributed by atoms with Crippen molar-refractivity contribution in [3.05, 3.63) is 28.2 Å². The van der Waals surface area contributed by atoms with E-state index in [1.54, 1.807) is 7.11 Å². The third kappa shape index (κ3) is 3.67. The number of ether oxygens (including phenoxy) is 4. The fourth-order valence-electron chi connectivity index (χ4n) is 1.42. The Balaban J connectivity index is 1.85. The number of hydrogen-bond donors (Lipinski definition) is 0. The van der Waals surface area contributed by atoms with Crippen LogP contribution in [0.1, 0.15) is 11.7 Å².